The lowest BCUT2D eigenvalue weighted by Crippen LogP contribution is -2.25. The molecule has 0 radical (unpaired) electrons. The largest absolute Gasteiger partial charge is 0.497 e. The number of nitrogens with one attached hydrogen (secondary N) is 1. The molecular formula is C15H23NO3. The molecule has 0 heterocycles. The Morgan fingerprint density at radius 1 is 1.26 bits per heavy atom. The fraction of sp³-hybridized carbons (Fsp3) is 0.533. The third-order valence-corrected chi connectivity index (χ3v) is 2.55. The van der Waals surface area contributed by atoms with E-state index in [1.807, 2.05) is 0 Å². The van der Waals surface area contributed by atoms with Gasteiger partial charge in [-0.25, -0.2) is 0 Å². The van der Waals surface area contributed by atoms with Crippen molar-refractivity contribution < 1.29 is 14.3 Å². The molecule has 0 saturated heterocycles. The number of methoxy groups -OCH3 is 1. The Morgan fingerprint density at radius 2 is 1.95 bits per heavy atom. The lowest BCUT2D eigenvalue weighted by Gasteiger charge is -2.08. The number of benzene rings is 1. The number of hydrogen-bond donors (Lipinski definition) is 1. The second kappa shape index (κ2) is 8.53. The van der Waals surface area contributed by atoms with Crippen molar-refractivity contribution >= 4 is 5.91 Å². The summed E-state index contributed by atoms with van der Waals surface area (Å²) in [6.45, 7) is 6.31. The van der Waals surface area contributed by atoms with Crippen molar-refractivity contribution in [1.29, 1.82) is 0 Å². The fourth-order valence-electron chi connectivity index (χ4n) is 1.54. The topological polar surface area (TPSA) is 47.6 Å². The second-order valence-corrected chi connectivity index (χ2v) is 4.81. The highest BCUT2D eigenvalue weighted by Crippen LogP contribution is 2.10. The zero-order chi connectivity index (χ0) is 14.1. The summed E-state index contributed by atoms with van der Waals surface area (Å²) >= 11 is 0. The van der Waals surface area contributed by atoms with Gasteiger partial charge in [-0.05, 0) is 36.6 Å². The Morgan fingerprint density at radius 3 is 2.53 bits per heavy atom. The van der Waals surface area contributed by atoms with Gasteiger partial charge in [0.1, 0.15) is 5.75 Å². The van der Waals surface area contributed by atoms with Crippen LogP contribution in [0.25, 0.3) is 0 Å². The van der Waals surface area contributed by atoms with Gasteiger partial charge in [0.25, 0.3) is 5.91 Å². The lowest BCUT2D eigenvalue weighted by molar-refractivity contribution is 0.0925. The van der Waals surface area contributed by atoms with E-state index < -0.39 is 0 Å². The third-order valence-electron chi connectivity index (χ3n) is 2.55. The van der Waals surface area contributed by atoms with Gasteiger partial charge in [-0.1, -0.05) is 13.8 Å². The van der Waals surface area contributed by atoms with Crippen LogP contribution in [0.15, 0.2) is 24.3 Å². The molecule has 0 spiro atoms. The Balaban J connectivity index is 2.20. The molecule has 1 aromatic rings. The molecule has 19 heavy (non-hydrogen) atoms. The SMILES string of the molecule is COc1ccc(C(=O)NCCCOCC(C)C)cc1. The van der Waals surface area contributed by atoms with Gasteiger partial charge >= 0.3 is 0 Å². The summed E-state index contributed by atoms with van der Waals surface area (Å²) in [6.07, 6.45) is 0.828. The van der Waals surface area contributed by atoms with E-state index in [9.17, 15) is 4.79 Å². The molecule has 0 aliphatic heterocycles. The van der Waals surface area contributed by atoms with Crippen molar-refractivity contribution in [2.24, 2.45) is 5.92 Å². The molecule has 0 unspecified atom stereocenters. The molecule has 0 aromatic heterocycles. The maximum absolute atomic E-state index is 11.8. The smallest absolute Gasteiger partial charge is 0.251 e. The average Bonchev–Trinajstić information content (AvgIpc) is 2.42. The highest BCUT2D eigenvalue weighted by molar-refractivity contribution is 5.94. The van der Waals surface area contributed by atoms with E-state index in [-0.39, 0.29) is 5.91 Å². The van der Waals surface area contributed by atoms with E-state index in [4.69, 9.17) is 9.47 Å². The minimum absolute atomic E-state index is 0.0634. The molecule has 0 fully saturated rings. The summed E-state index contributed by atoms with van der Waals surface area (Å²) in [4.78, 5) is 11.8. The average molecular weight is 265 g/mol. The Labute approximate surface area is 115 Å². The van der Waals surface area contributed by atoms with Crippen LogP contribution in [0.1, 0.15) is 30.6 Å². The minimum Gasteiger partial charge on any atom is -0.497 e. The maximum atomic E-state index is 11.8. The second-order valence-electron chi connectivity index (χ2n) is 4.81. The number of amides is 1. The number of ether oxygens (including phenoxy) is 2. The summed E-state index contributed by atoms with van der Waals surface area (Å²) < 4.78 is 10.5. The zero-order valence-electron chi connectivity index (χ0n) is 11.9. The van der Waals surface area contributed by atoms with Crippen molar-refractivity contribution in [2.75, 3.05) is 26.9 Å². The first-order valence-electron chi connectivity index (χ1n) is 6.63. The summed E-state index contributed by atoms with van der Waals surface area (Å²) in [5.74, 6) is 1.24. The van der Waals surface area contributed by atoms with Gasteiger partial charge in [0, 0.05) is 25.3 Å². The van der Waals surface area contributed by atoms with E-state index in [1.165, 1.54) is 0 Å². The van der Waals surface area contributed by atoms with E-state index >= 15 is 0 Å². The summed E-state index contributed by atoms with van der Waals surface area (Å²) in [6, 6.07) is 7.06. The lowest BCUT2D eigenvalue weighted by atomic mass is 10.2. The number of carbonyl (C=O) groups is 1. The van der Waals surface area contributed by atoms with Gasteiger partial charge in [0.05, 0.1) is 7.11 Å². The van der Waals surface area contributed by atoms with Crippen LogP contribution in [0.4, 0.5) is 0 Å². The van der Waals surface area contributed by atoms with Crippen LogP contribution in [0.2, 0.25) is 0 Å². The molecule has 4 heteroatoms. The minimum atomic E-state index is -0.0634. The molecule has 106 valence electrons. The molecule has 1 amide bonds. The Bertz CT molecular complexity index is 373. The van der Waals surface area contributed by atoms with E-state index in [1.54, 1.807) is 31.4 Å². The van der Waals surface area contributed by atoms with Gasteiger partial charge in [0.15, 0.2) is 0 Å². The monoisotopic (exact) mass is 265 g/mol. The van der Waals surface area contributed by atoms with E-state index in [0.717, 1.165) is 18.8 Å². The standard InChI is InChI=1S/C15H23NO3/c1-12(2)11-19-10-4-9-16-15(17)13-5-7-14(18-3)8-6-13/h5-8,12H,4,9-11H2,1-3H3,(H,16,17). The molecule has 0 atom stereocenters. The predicted octanol–water partition coefficient (Wildman–Crippen LogP) is 2.49. The molecule has 0 bridgehead atoms. The van der Waals surface area contributed by atoms with Crippen LogP contribution in [0.5, 0.6) is 5.75 Å². The molecule has 1 aromatic carbocycles. The van der Waals surface area contributed by atoms with Gasteiger partial charge in [0.2, 0.25) is 0 Å². The van der Waals surface area contributed by atoms with Gasteiger partial charge in [-0.15, -0.1) is 0 Å². The van der Waals surface area contributed by atoms with Crippen LogP contribution in [0, 0.1) is 5.92 Å². The molecular weight excluding hydrogens is 242 g/mol. The summed E-state index contributed by atoms with van der Waals surface area (Å²) in [5, 5.41) is 2.86. The van der Waals surface area contributed by atoms with Gasteiger partial charge in [-0.2, -0.15) is 0 Å². The predicted molar refractivity (Wildman–Crippen MR) is 75.6 cm³/mol. The summed E-state index contributed by atoms with van der Waals surface area (Å²) in [7, 11) is 1.60. The normalized spacial score (nSPS) is 10.5. The van der Waals surface area contributed by atoms with Crippen molar-refractivity contribution in [3.05, 3.63) is 29.8 Å². The molecule has 0 aliphatic rings. The maximum Gasteiger partial charge on any atom is 0.251 e. The quantitative estimate of drug-likeness (QED) is 0.735. The molecule has 0 saturated carbocycles. The van der Waals surface area contributed by atoms with Crippen molar-refractivity contribution in [1.82, 2.24) is 5.32 Å². The first-order valence-corrected chi connectivity index (χ1v) is 6.63. The highest BCUT2D eigenvalue weighted by Gasteiger charge is 2.04. The molecule has 0 aliphatic carbocycles. The zero-order valence-corrected chi connectivity index (χ0v) is 11.9. The molecule has 4 nitrogen and oxygen atoms in total. The van der Waals surface area contributed by atoms with Crippen molar-refractivity contribution in [2.45, 2.75) is 20.3 Å². The van der Waals surface area contributed by atoms with Crippen LogP contribution >= 0.6 is 0 Å². The molecule has 1 rings (SSSR count). The number of hydrogen-bond acceptors (Lipinski definition) is 3. The number of carbonyl (C=O) groups excluding carboxylic acids is 1. The fourth-order valence-corrected chi connectivity index (χ4v) is 1.54. The van der Waals surface area contributed by atoms with Crippen LogP contribution in [-0.2, 0) is 4.74 Å². The Hall–Kier alpha value is -1.55. The highest BCUT2D eigenvalue weighted by atomic mass is 16.5. The Kier molecular flexibility index (Phi) is 6.97. The first-order chi connectivity index (χ1) is 9.13. The van der Waals surface area contributed by atoms with Gasteiger partial charge in [-0.3, -0.25) is 4.79 Å². The molecule has 1 N–H and O–H groups in total. The van der Waals surface area contributed by atoms with Gasteiger partial charge < -0.3 is 14.8 Å². The van der Waals surface area contributed by atoms with E-state index in [0.29, 0.717) is 24.6 Å². The van der Waals surface area contributed by atoms with Crippen LogP contribution < -0.4 is 10.1 Å². The van der Waals surface area contributed by atoms with Crippen LogP contribution in [0.3, 0.4) is 0 Å². The van der Waals surface area contributed by atoms with Crippen LogP contribution in [-0.4, -0.2) is 32.8 Å². The third kappa shape index (κ3) is 6.25. The van der Waals surface area contributed by atoms with Crippen molar-refractivity contribution in [3.63, 3.8) is 0 Å². The number of rotatable bonds is 8. The van der Waals surface area contributed by atoms with Crippen molar-refractivity contribution in [3.8, 4) is 5.75 Å². The first kappa shape index (κ1) is 15.5. The summed E-state index contributed by atoms with van der Waals surface area (Å²) in [5.41, 5.74) is 0.642. The van der Waals surface area contributed by atoms with E-state index in [2.05, 4.69) is 19.2 Å².